The van der Waals surface area contributed by atoms with Crippen LogP contribution in [-0.4, -0.2) is 24.2 Å². The van der Waals surface area contributed by atoms with Gasteiger partial charge in [0, 0.05) is 23.7 Å². The van der Waals surface area contributed by atoms with Gasteiger partial charge in [-0.25, -0.2) is 9.59 Å². The smallest absolute Gasteiger partial charge is 0.331 e. The van der Waals surface area contributed by atoms with E-state index in [4.69, 9.17) is 16.3 Å². The summed E-state index contributed by atoms with van der Waals surface area (Å²) in [5.74, 6) is -1.54. The maximum Gasteiger partial charge on any atom is 0.331 e. The summed E-state index contributed by atoms with van der Waals surface area (Å²) >= 11 is 6.23. The van der Waals surface area contributed by atoms with E-state index in [1.54, 1.807) is 12.1 Å². The molecule has 0 spiro atoms. The van der Waals surface area contributed by atoms with Crippen molar-refractivity contribution in [2.24, 2.45) is 0 Å². The van der Waals surface area contributed by atoms with Gasteiger partial charge in [-0.2, -0.15) is 0 Å². The normalized spacial score (nSPS) is 14.4. The zero-order valence-corrected chi connectivity index (χ0v) is 19.6. The van der Waals surface area contributed by atoms with Gasteiger partial charge >= 0.3 is 11.4 Å². The Morgan fingerprint density at radius 1 is 0.971 bits per heavy atom. The molecule has 34 heavy (non-hydrogen) atoms. The number of nitrogens with zero attached hydrogens (tertiary/aromatic N) is 2. The summed E-state index contributed by atoms with van der Waals surface area (Å²) in [5, 5.41) is 11.4. The molecule has 11 heteroatoms. The Bertz CT molecular complexity index is 1480. The average molecular weight is 489 g/mol. The molecule has 2 aromatic heterocycles. The van der Waals surface area contributed by atoms with Crippen LogP contribution in [0.25, 0.3) is 0 Å². The molecular weight excluding hydrogens is 464 g/mol. The minimum Gasteiger partial charge on any atom is -0.494 e. The van der Waals surface area contributed by atoms with E-state index in [2.05, 4.69) is 9.97 Å². The second-order valence-electron chi connectivity index (χ2n) is 8.20. The molecule has 0 fully saturated rings. The minimum absolute atomic E-state index is 0.0213. The fraction of sp³-hybridized carbons (Fsp3) is 0.391. The summed E-state index contributed by atoms with van der Waals surface area (Å²) in [6.45, 7) is 4.21. The third kappa shape index (κ3) is 3.98. The molecule has 3 N–H and O–H groups in total. The van der Waals surface area contributed by atoms with Crippen LogP contribution < -0.4 is 27.2 Å². The van der Waals surface area contributed by atoms with Crippen molar-refractivity contribution < 1.29 is 9.84 Å². The van der Waals surface area contributed by atoms with Crippen molar-refractivity contribution in [1.82, 2.24) is 19.1 Å². The van der Waals surface area contributed by atoms with E-state index in [0.717, 1.165) is 22.0 Å². The minimum atomic E-state index is -1.13. The first-order valence-corrected chi connectivity index (χ1v) is 11.6. The molecule has 10 nitrogen and oxygen atoms in total. The molecular formula is C23H25ClN4O6. The van der Waals surface area contributed by atoms with Crippen LogP contribution in [0.3, 0.4) is 0 Å². The third-order valence-corrected chi connectivity index (χ3v) is 6.17. The Hall–Kier alpha value is -3.53. The molecule has 0 radical (unpaired) electrons. The van der Waals surface area contributed by atoms with E-state index in [0.29, 0.717) is 23.4 Å². The molecule has 0 unspecified atom stereocenters. The first kappa shape index (κ1) is 23.6. The van der Waals surface area contributed by atoms with Crippen LogP contribution in [-0.2, 0) is 13.1 Å². The molecule has 1 aliphatic rings. The number of hydrogen-bond donors (Lipinski definition) is 3. The molecule has 0 saturated carbocycles. The lowest BCUT2D eigenvalue weighted by Gasteiger charge is -2.28. The fourth-order valence-electron chi connectivity index (χ4n) is 4.18. The summed E-state index contributed by atoms with van der Waals surface area (Å²) in [7, 11) is 0. The highest BCUT2D eigenvalue weighted by Gasteiger charge is 2.37. The second-order valence-corrected chi connectivity index (χ2v) is 8.64. The summed E-state index contributed by atoms with van der Waals surface area (Å²) in [4.78, 5) is 56.5. The van der Waals surface area contributed by atoms with Gasteiger partial charge in [0.05, 0.1) is 17.0 Å². The number of halogens is 1. The standard InChI is InChI=1S/C23H25ClN4O6/c1-3-5-9-27-20(30)16(18(29)25-22(27)32)15-13-11-12(24)7-8-14(13)34-19-17(15)21(31)28(10-6-4-2)23(33)26-19/h7-8,11,15,30H,3-6,9-10H2,1-2H3,(H,26,33)(H,25,29,32)/t15-/m1/s1. The number of hydrogen-bond acceptors (Lipinski definition) is 6. The Labute approximate surface area is 198 Å². The maximum atomic E-state index is 13.5. The molecule has 1 aromatic carbocycles. The van der Waals surface area contributed by atoms with Gasteiger partial charge in [-0.3, -0.25) is 28.7 Å². The Balaban J connectivity index is 2.07. The van der Waals surface area contributed by atoms with E-state index >= 15 is 0 Å². The quantitative estimate of drug-likeness (QED) is 0.365. The van der Waals surface area contributed by atoms with Crippen LogP contribution in [0.5, 0.6) is 17.5 Å². The number of nitrogens with one attached hydrogen (secondary N) is 2. The van der Waals surface area contributed by atoms with Gasteiger partial charge in [0.25, 0.3) is 11.1 Å². The molecule has 3 heterocycles. The van der Waals surface area contributed by atoms with Gasteiger partial charge in [0.2, 0.25) is 11.8 Å². The summed E-state index contributed by atoms with van der Waals surface area (Å²) in [5.41, 5.74) is -2.74. The number of ether oxygens (including phenoxy) is 1. The zero-order valence-electron chi connectivity index (χ0n) is 18.8. The first-order chi connectivity index (χ1) is 16.3. The number of rotatable bonds is 7. The highest BCUT2D eigenvalue weighted by molar-refractivity contribution is 6.30. The number of aromatic nitrogens is 4. The van der Waals surface area contributed by atoms with Crippen LogP contribution in [0.1, 0.15) is 62.1 Å². The summed E-state index contributed by atoms with van der Waals surface area (Å²) < 4.78 is 7.93. The van der Waals surface area contributed by atoms with Gasteiger partial charge in [0.15, 0.2) is 0 Å². The van der Waals surface area contributed by atoms with E-state index in [-0.39, 0.29) is 35.8 Å². The van der Waals surface area contributed by atoms with E-state index in [1.807, 2.05) is 13.8 Å². The Morgan fingerprint density at radius 3 is 2.29 bits per heavy atom. The second kappa shape index (κ2) is 9.38. The SMILES string of the molecule is CCCCn1c(O)c([C@H]2c3cc(Cl)ccc3Oc3[nH]c(=O)n(CCCC)c(=O)c32)c(=O)[nH]c1=O. The number of aromatic hydroxyl groups is 1. The number of unbranched alkanes of at least 4 members (excludes halogenated alkanes) is 2. The number of aromatic amines is 2. The average Bonchev–Trinajstić information content (AvgIpc) is 2.78. The molecule has 180 valence electrons. The Kier molecular flexibility index (Phi) is 6.52. The van der Waals surface area contributed by atoms with Crippen LogP contribution in [0.4, 0.5) is 0 Å². The number of fused-ring (bicyclic) bond motifs is 2. The van der Waals surface area contributed by atoms with E-state index in [1.165, 1.54) is 6.07 Å². The molecule has 0 amide bonds. The monoisotopic (exact) mass is 488 g/mol. The van der Waals surface area contributed by atoms with Crippen LogP contribution >= 0.6 is 11.6 Å². The van der Waals surface area contributed by atoms with Crippen molar-refractivity contribution in [3.63, 3.8) is 0 Å². The molecule has 1 aliphatic heterocycles. The predicted molar refractivity (Wildman–Crippen MR) is 127 cm³/mol. The Morgan fingerprint density at radius 2 is 1.62 bits per heavy atom. The summed E-state index contributed by atoms with van der Waals surface area (Å²) in [6, 6.07) is 4.65. The largest absolute Gasteiger partial charge is 0.494 e. The molecule has 0 bridgehead atoms. The molecule has 0 saturated heterocycles. The topological polar surface area (TPSA) is 139 Å². The van der Waals surface area contributed by atoms with Crippen molar-refractivity contribution in [2.75, 3.05) is 0 Å². The van der Waals surface area contributed by atoms with Crippen LogP contribution in [0.15, 0.2) is 37.4 Å². The first-order valence-electron chi connectivity index (χ1n) is 11.2. The van der Waals surface area contributed by atoms with E-state index < -0.39 is 34.3 Å². The van der Waals surface area contributed by atoms with Crippen LogP contribution in [0, 0.1) is 0 Å². The van der Waals surface area contributed by atoms with E-state index in [9.17, 15) is 24.3 Å². The van der Waals surface area contributed by atoms with Crippen molar-refractivity contribution in [2.45, 2.75) is 58.5 Å². The molecule has 1 atom stereocenters. The lowest BCUT2D eigenvalue weighted by atomic mass is 9.84. The summed E-state index contributed by atoms with van der Waals surface area (Å²) in [6.07, 6.45) is 2.68. The van der Waals surface area contributed by atoms with Gasteiger partial charge in [-0.1, -0.05) is 38.3 Å². The lowest BCUT2D eigenvalue weighted by molar-refractivity contribution is 0.380. The number of benzene rings is 1. The molecule has 4 rings (SSSR count). The van der Waals surface area contributed by atoms with Crippen molar-refractivity contribution in [1.29, 1.82) is 0 Å². The third-order valence-electron chi connectivity index (χ3n) is 5.94. The van der Waals surface area contributed by atoms with Gasteiger partial charge in [0.1, 0.15) is 5.75 Å². The van der Waals surface area contributed by atoms with Gasteiger partial charge in [-0.05, 0) is 31.0 Å². The molecule has 0 aliphatic carbocycles. The zero-order chi connectivity index (χ0) is 24.6. The van der Waals surface area contributed by atoms with Crippen molar-refractivity contribution in [3.8, 4) is 17.5 Å². The van der Waals surface area contributed by atoms with Gasteiger partial charge < -0.3 is 9.84 Å². The maximum absolute atomic E-state index is 13.5. The van der Waals surface area contributed by atoms with Crippen molar-refractivity contribution in [3.05, 3.63) is 81.6 Å². The predicted octanol–water partition coefficient (Wildman–Crippen LogP) is 2.63. The highest BCUT2D eigenvalue weighted by Crippen LogP contribution is 2.46. The van der Waals surface area contributed by atoms with Crippen LogP contribution in [0.2, 0.25) is 5.02 Å². The highest BCUT2D eigenvalue weighted by atomic mass is 35.5. The number of H-pyrrole nitrogens is 2. The fourth-order valence-corrected chi connectivity index (χ4v) is 4.36. The van der Waals surface area contributed by atoms with Gasteiger partial charge in [-0.15, -0.1) is 0 Å². The lowest BCUT2D eigenvalue weighted by Crippen LogP contribution is -2.41. The van der Waals surface area contributed by atoms with Crippen molar-refractivity contribution >= 4 is 11.6 Å². The molecule has 3 aromatic rings.